The van der Waals surface area contributed by atoms with Gasteiger partial charge in [0.15, 0.2) is 0 Å². The van der Waals surface area contributed by atoms with E-state index in [1.54, 1.807) is 28.6 Å². The van der Waals surface area contributed by atoms with E-state index < -0.39 is 10.0 Å². The highest BCUT2D eigenvalue weighted by Crippen LogP contribution is 2.65. The standard InChI is InChI=1S/C23H32N2O3S/c1-22-10-18-9-19(11-22)13-23(12-18,16-22)21(26)24-14-17-7-8-25(15-17)29(27,28)20-5-3-2-4-6-20/h2-6,17-19H,7-16H2,1H3,(H,24,26)/t17?,18-,19+,22+,23?. The molecule has 1 aromatic carbocycles. The van der Waals surface area contributed by atoms with Gasteiger partial charge in [-0.1, -0.05) is 25.1 Å². The molecule has 5 nitrogen and oxygen atoms in total. The summed E-state index contributed by atoms with van der Waals surface area (Å²) in [6.45, 7) is 4.00. The molecule has 4 saturated carbocycles. The second-order valence-corrected chi connectivity index (χ2v) is 12.5. The van der Waals surface area contributed by atoms with Gasteiger partial charge in [0.05, 0.1) is 10.3 Å². The van der Waals surface area contributed by atoms with Gasteiger partial charge in [-0.2, -0.15) is 4.31 Å². The van der Waals surface area contributed by atoms with Crippen molar-refractivity contribution < 1.29 is 13.2 Å². The Morgan fingerprint density at radius 2 is 1.83 bits per heavy atom. The molecule has 0 radical (unpaired) electrons. The zero-order valence-corrected chi connectivity index (χ0v) is 18.1. The molecular weight excluding hydrogens is 384 g/mol. The number of carbonyl (C=O) groups excluding carboxylic acids is 1. The Bertz CT molecular complexity index is 884. The fourth-order valence-electron chi connectivity index (χ4n) is 7.33. The summed E-state index contributed by atoms with van der Waals surface area (Å²) >= 11 is 0. The number of nitrogens with zero attached hydrogens (tertiary/aromatic N) is 1. The van der Waals surface area contributed by atoms with Crippen LogP contribution in [0.5, 0.6) is 0 Å². The zero-order chi connectivity index (χ0) is 20.3. The summed E-state index contributed by atoms with van der Waals surface area (Å²) in [4.78, 5) is 13.6. The molecule has 4 bridgehead atoms. The number of benzene rings is 1. The molecule has 1 saturated heterocycles. The van der Waals surface area contributed by atoms with Crippen molar-refractivity contribution in [3.05, 3.63) is 30.3 Å². The third-order valence-electron chi connectivity index (χ3n) is 8.02. The minimum absolute atomic E-state index is 0.159. The molecule has 5 atom stereocenters. The summed E-state index contributed by atoms with van der Waals surface area (Å²) in [6, 6.07) is 8.64. The molecule has 2 unspecified atom stereocenters. The Morgan fingerprint density at radius 3 is 2.48 bits per heavy atom. The molecule has 0 aromatic heterocycles. The molecule has 5 aliphatic rings. The van der Waals surface area contributed by atoms with Crippen molar-refractivity contribution in [3.8, 4) is 0 Å². The molecule has 1 amide bonds. The van der Waals surface area contributed by atoms with Gasteiger partial charge in [0.1, 0.15) is 0 Å². The lowest BCUT2D eigenvalue weighted by molar-refractivity contribution is -0.155. The van der Waals surface area contributed by atoms with Crippen molar-refractivity contribution in [1.29, 1.82) is 0 Å². The third kappa shape index (κ3) is 3.42. The Balaban J connectivity index is 1.20. The molecule has 29 heavy (non-hydrogen) atoms. The van der Waals surface area contributed by atoms with Gasteiger partial charge >= 0.3 is 0 Å². The van der Waals surface area contributed by atoms with Crippen LogP contribution in [0.4, 0.5) is 0 Å². The van der Waals surface area contributed by atoms with Crippen LogP contribution in [0.15, 0.2) is 35.2 Å². The second kappa shape index (κ2) is 6.81. The molecular formula is C23H32N2O3S. The average molecular weight is 417 g/mol. The normalized spacial score (nSPS) is 39.0. The molecule has 1 aromatic rings. The number of sulfonamides is 1. The van der Waals surface area contributed by atoms with Gasteiger partial charge in [0.2, 0.25) is 15.9 Å². The Hall–Kier alpha value is -1.40. The molecule has 6 heteroatoms. The molecule has 1 aliphatic heterocycles. The van der Waals surface area contributed by atoms with Crippen molar-refractivity contribution in [3.63, 3.8) is 0 Å². The van der Waals surface area contributed by atoms with Gasteiger partial charge in [-0.3, -0.25) is 4.79 Å². The van der Waals surface area contributed by atoms with E-state index >= 15 is 0 Å². The summed E-state index contributed by atoms with van der Waals surface area (Å²) in [5, 5.41) is 3.25. The van der Waals surface area contributed by atoms with Crippen LogP contribution in [0.2, 0.25) is 0 Å². The van der Waals surface area contributed by atoms with Crippen LogP contribution in [-0.4, -0.2) is 38.3 Å². The molecule has 158 valence electrons. The topological polar surface area (TPSA) is 66.5 Å². The summed E-state index contributed by atoms with van der Waals surface area (Å²) in [5.41, 5.74) is 0.197. The van der Waals surface area contributed by atoms with E-state index in [1.807, 2.05) is 6.07 Å². The predicted molar refractivity (Wildman–Crippen MR) is 112 cm³/mol. The third-order valence-corrected chi connectivity index (χ3v) is 9.90. The SMILES string of the molecule is C[C@]12C[C@@H]3C[C@@H](CC(C(=O)NCC4CCN(S(=O)(=O)c5ccccc5)C4)(C3)C1)C2. The lowest BCUT2D eigenvalue weighted by atomic mass is 9.44. The minimum Gasteiger partial charge on any atom is -0.355 e. The number of hydrogen-bond donors (Lipinski definition) is 1. The lowest BCUT2D eigenvalue weighted by Crippen LogP contribution is -2.57. The van der Waals surface area contributed by atoms with E-state index in [-0.39, 0.29) is 17.2 Å². The van der Waals surface area contributed by atoms with Crippen LogP contribution in [0.3, 0.4) is 0 Å². The summed E-state index contributed by atoms with van der Waals surface area (Å²) in [7, 11) is -3.43. The van der Waals surface area contributed by atoms with Crippen LogP contribution < -0.4 is 5.32 Å². The van der Waals surface area contributed by atoms with Crippen molar-refractivity contribution in [1.82, 2.24) is 9.62 Å². The van der Waals surface area contributed by atoms with E-state index in [0.29, 0.717) is 29.9 Å². The number of nitrogens with one attached hydrogen (secondary N) is 1. The predicted octanol–water partition coefficient (Wildman–Crippen LogP) is 3.42. The summed E-state index contributed by atoms with van der Waals surface area (Å²) in [6.07, 6.45) is 7.88. The smallest absolute Gasteiger partial charge is 0.243 e. The number of hydrogen-bond acceptors (Lipinski definition) is 3. The van der Waals surface area contributed by atoms with Crippen molar-refractivity contribution >= 4 is 15.9 Å². The maximum absolute atomic E-state index is 13.3. The zero-order valence-electron chi connectivity index (χ0n) is 17.3. The minimum atomic E-state index is -3.43. The average Bonchev–Trinajstić information content (AvgIpc) is 3.15. The largest absolute Gasteiger partial charge is 0.355 e. The Morgan fingerprint density at radius 1 is 1.14 bits per heavy atom. The maximum atomic E-state index is 13.3. The van der Waals surface area contributed by atoms with Crippen molar-refractivity contribution in [2.75, 3.05) is 19.6 Å². The van der Waals surface area contributed by atoms with Crippen LogP contribution >= 0.6 is 0 Å². The van der Waals surface area contributed by atoms with Gasteiger partial charge in [0, 0.05) is 19.6 Å². The molecule has 1 N–H and O–H groups in total. The fraction of sp³-hybridized carbons (Fsp3) is 0.696. The quantitative estimate of drug-likeness (QED) is 0.800. The summed E-state index contributed by atoms with van der Waals surface area (Å²) < 4.78 is 27.2. The van der Waals surface area contributed by atoms with Crippen LogP contribution in [0.25, 0.3) is 0 Å². The highest BCUT2D eigenvalue weighted by molar-refractivity contribution is 7.89. The van der Waals surface area contributed by atoms with Gasteiger partial charge in [-0.15, -0.1) is 0 Å². The van der Waals surface area contributed by atoms with Crippen molar-refractivity contribution in [2.24, 2.45) is 28.6 Å². The number of rotatable bonds is 5. The first kappa shape index (κ1) is 19.6. The van der Waals surface area contributed by atoms with Crippen LogP contribution in [0, 0.1) is 28.6 Å². The van der Waals surface area contributed by atoms with Crippen LogP contribution in [0.1, 0.15) is 51.9 Å². The lowest BCUT2D eigenvalue weighted by Gasteiger charge is -2.60. The van der Waals surface area contributed by atoms with E-state index in [4.69, 9.17) is 0 Å². The monoisotopic (exact) mass is 416 g/mol. The molecule has 6 rings (SSSR count). The number of amides is 1. The van der Waals surface area contributed by atoms with E-state index in [9.17, 15) is 13.2 Å². The Kier molecular flexibility index (Phi) is 4.59. The first-order valence-electron chi connectivity index (χ1n) is 11.1. The first-order valence-corrected chi connectivity index (χ1v) is 12.6. The van der Waals surface area contributed by atoms with Gasteiger partial charge in [-0.25, -0.2) is 8.42 Å². The van der Waals surface area contributed by atoms with Gasteiger partial charge < -0.3 is 5.32 Å². The Labute approximate surface area is 174 Å². The fourth-order valence-corrected chi connectivity index (χ4v) is 8.89. The summed E-state index contributed by atoms with van der Waals surface area (Å²) in [5.74, 6) is 1.89. The van der Waals surface area contributed by atoms with Crippen LogP contribution in [-0.2, 0) is 14.8 Å². The molecule has 4 aliphatic carbocycles. The molecule has 0 spiro atoms. The van der Waals surface area contributed by atoms with E-state index in [2.05, 4.69) is 12.2 Å². The molecule has 1 heterocycles. The second-order valence-electron chi connectivity index (χ2n) is 10.6. The van der Waals surface area contributed by atoms with E-state index in [0.717, 1.165) is 37.5 Å². The molecule has 5 fully saturated rings. The highest BCUT2D eigenvalue weighted by atomic mass is 32.2. The van der Waals surface area contributed by atoms with Gasteiger partial charge in [0.25, 0.3) is 0 Å². The highest BCUT2D eigenvalue weighted by Gasteiger charge is 2.58. The van der Waals surface area contributed by atoms with Crippen molar-refractivity contribution in [2.45, 2.75) is 56.8 Å². The maximum Gasteiger partial charge on any atom is 0.243 e. The first-order chi connectivity index (χ1) is 13.8. The number of carbonyl (C=O) groups is 1. The van der Waals surface area contributed by atoms with E-state index in [1.165, 1.54) is 19.3 Å². The van der Waals surface area contributed by atoms with Gasteiger partial charge in [-0.05, 0) is 80.2 Å².